The Morgan fingerprint density at radius 1 is 1.37 bits per heavy atom. The van der Waals surface area contributed by atoms with E-state index in [2.05, 4.69) is 5.32 Å². The van der Waals surface area contributed by atoms with Gasteiger partial charge in [-0.1, -0.05) is 6.07 Å². The summed E-state index contributed by atoms with van der Waals surface area (Å²) in [5, 5.41) is 13.1. The summed E-state index contributed by atoms with van der Waals surface area (Å²) >= 11 is 0. The predicted molar refractivity (Wildman–Crippen MR) is 74.4 cm³/mol. The van der Waals surface area contributed by atoms with Crippen LogP contribution in [0.4, 0.5) is 0 Å². The summed E-state index contributed by atoms with van der Waals surface area (Å²) in [7, 11) is 4.99. The number of hydrogen-bond acceptors (Lipinski definition) is 4. The molecule has 1 rings (SSSR count). The Balaban J connectivity index is 2.78. The van der Waals surface area contributed by atoms with Crippen LogP contribution in [0.1, 0.15) is 25.5 Å². The molecule has 0 fully saturated rings. The molecule has 5 heteroatoms. The minimum absolute atomic E-state index is 0.000138. The van der Waals surface area contributed by atoms with Crippen LogP contribution in [0.25, 0.3) is 0 Å². The van der Waals surface area contributed by atoms with E-state index in [1.54, 1.807) is 46.3 Å². The average Bonchev–Trinajstić information content (AvgIpc) is 2.36. The van der Waals surface area contributed by atoms with Crippen molar-refractivity contribution in [1.82, 2.24) is 10.2 Å². The Morgan fingerprint density at radius 3 is 2.47 bits per heavy atom. The first-order valence-electron chi connectivity index (χ1n) is 6.21. The fourth-order valence-corrected chi connectivity index (χ4v) is 1.94. The molecule has 2 N–H and O–H groups in total. The van der Waals surface area contributed by atoms with E-state index in [-0.39, 0.29) is 23.7 Å². The van der Waals surface area contributed by atoms with Gasteiger partial charge in [0.25, 0.3) is 0 Å². The van der Waals surface area contributed by atoms with Gasteiger partial charge in [-0.15, -0.1) is 0 Å². The van der Waals surface area contributed by atoms with Gasteiger partial charge in [0.2, 0.25) is 5.91 Å². The van der Waals surface area contributed by atoms with Crippen LogP contribution in [-0.2, 0) is 4.79 Å². The molecule has 0 aliphatic heterocycles. The van der Waals surface area contributed by atoms with Crippen molar-refractivity contribution in [3.63, 3.8) is 0 Å². The molecule has 0 spiro atoms. The fraction of sp³-hybridized carbons (Fsp3) is 0.500. The highest BCUT2D eigenvalue weighted by Gasteiger charge is 2.19. The first kappa shape index (κ1) is 15.3. The van der Waals surface area contributed by atoms with Crippen LogP contribution in [0, 0.1) is 0 Å². The Kier molecular flexibility index (Phi) is 5.18. The smallest absolute Gasteiger partial charge is 0.238 e. The first-order chi connectivity index (χ1) is 8.86. The second-order valence-electron chi connectivity index (χ2n) is 4.77. The molecule has 19 heavy (non-hydrogen) atoms. The van der Waals surface area contributed by atoms with E-state index in [1.165, 1.54) is 4.90 Å². The molecular formula is C14H22N2O3. The van der Waals surface area contributed by atoms with Crippen molar-refractivity contribution in [2.45, 2.75) is 25.9 Å². The Labute approximate surface area is 114 Å². The van der Waals surface area contributed by atoms with Gasteiger partial charge in [0, 0.05) is 31.8 Å². The summed E-state index contributed by atoms with van der Waals surface area (Å²) in [6.45, 7) is 3.71. The number of nitrogens with zero attached hydrogens (tertiary/aromatic N) is 1. The lowest BCUT2D eigenvalue weighted by atomic mass is 10.1. The predicted octanol–water partition coefficient (Wildman–Crippen LogP) is 1.53. The maximum Gasteiger partial charge on any atom is 0.238 e. The number of carbonyl (C=O) groups excluding carboxylic acids is 1. The van der Waals surface area contributed by atoms with E-state index in [9.17, 15) is 9.90 Å². The summed E-state index contributed by atoms with van der Waals surface area (Å²) < 4.78 is 5.04. The van der Waals surface area contributed by atoms with Crippen LogP contribution >= 0.6 is 0 Å². The number of rotatable bonds is 5. The average molecular weight is 266 g/mol. The third-order valence-electron chi connectivity index (χ3n) is 3.02. The van der Waals surface area contributed by atoms with Gasteiger partial charge >= 0.3 is 0 Å². The number of benzene rings is 1. The lowest BCUT2D eigenvalue weighted by molar-refractivity contribution is -0.130. The quantitative estimate of drug-likeness (QED) is 0.848. The largest absolute Gasteiger partial charge is 0.507 e. The van der Waals surface area contributed by atoms with Gasteiger partial charge in [-0.3, -0.25) is 10.1 Å². The van der Waals surface area contributed by atoms with Gasteiger partial charge in [-0.05, 0) is 19.9 Å². The Bertz CT molecular complexity index is 446. The first-order valence-corrected chi connectivity index (χ1v) is 6.21. The maximum atomic E-state index is 11.8. The SMILES string of the molecule is COc1ccc(C(C)NC(C)C(=O)N(C)C)c(O)c1. The van der Waals surface area contributed by atoms with Gasteiger partial charge in [-0.2, -0.15) is 0 Å². The number of hydrogen-bond donors (Lipinski definition) is 2. The van der Waals surface area contributed by atoms with Crippen LogP contribution in [0.2, 0.25) is 0 Å². The van der Waals surface area contributed by atoms with Crippen molar-refractivity contribution < 1.29 is 14.6 Å². The zero-order chi connectivity index (χ0) is 14.6. The third kappa shape index (κ3) is 3.86. The minimum atomic E-state index is -0.313. The van der Waals surface area contributed by atoms with Crippen molar-refractivity contribution >= 4 is 5.91 Å². The highest BCUT2D eigenvalue weighted by Crippen LogP contribution is 2.28. The molecule has 0 aromatic heterocycles. The number of ether oxygens (including phenoxy) is 1. The van der Waals surface area contributed by atoms with E-state index >= 15 is 0 Å². The number of carbonyl (C=O) groups is 1. The molecule has 0 saturated heterocycles. The van der Waals surface area contributed by atoms with E-state index < -0.39 is 0 Å². The molecule has 2 unspecified atom stereocenters. The third-order valence-corrected chi connectivity index (χ3v) is 3.02. The molecule has 1 aromatic rings. The van der Waals surface area contributed by atoms with Crippen molar-refractivity contribution in [3.8, 4) is 11.5 Å². The van der Waals surface area contributed by atoms with Crippen molar-refractivity contribution in [1.29, 1.82) is 0 Å². The van der Waals surface area contributed by atoms with Gasteiger partial charge in [0.05, 0.1) is 13.2 Å². The summed E-state index contributed by atoms with van der Waals surface area (Å²) in [6, 6.07) is 4.69. The normalized spacial score (nSPS) is 13.7. The van der Waals surface area contributed by atoms with E-state index in [0.29, 0.717) is 5.75 Å². The van der Waals surface area contributed by atoms with Crippen LogP contribution in [0.3, 0.4) is 0 Å². The fourth-order valence-electron chi connectivity index (χ4n) is 1.94. The summed E-state index contributed by atoms with van der Waals surface area (Å²) in [5.41, 5.74) is 0.735. The van der Waals surface area contributed by atoms with E-state index in [1.807, 2.05) is 6.92 Å². The van der Waals surface area contributed by atoms with Crippen LogP contribution in [0.5, 0.6) is 11.5 Å². The molecule has 2 atom stereocenters. The summed E-state index contributed by atoms with van der Waals surface area (Å²) in [5.74, 6) is 0.759. The standard InChI is InChI=1S/C14H22N2O3/c1-9(15-10(2)14(18)16(3)4)12-7-6-11(19-5)8-13(12)17/h6-10,15,17H,1-5H3. The van der Waals surface area contributed by atoms with E-state index in [0.717, 1.165) is 5.56 Å². The van der Waals surface area contributed by atoms with Gasteiger partial charge < -0.3 is 14.7 Å². The maximum absolute atomic E-state index is 11.8. The molecule has 0 heterocycles. The van der Waals surface area contributed by atoms with Gasteiger partial charge in [-0.25, -0.2) is 0 Å². The van der Waals surface area contributed by atoms with Crippen LogP contribution in [0.15, 0.2) is 18.2 Å². The van der Waals surface area contributed by atoms with Crippen LogP contribution in [-0.4, -0.2) is 43.2 Å². The van der Waals surface area contributed by atoms with E-state index in [4.69, 9.17) is 4.74 Å². The number of phenols is 1. The van der Waals surface area contributed by atoms with Gasteiger partial charge in [0.1, 0.15) is 11.5 Å². The summed E-state index contributed by atoms with van der Waals surface area (Å²) in [6.07, 6.45) is 0. The Morgan fingerprint density at radius 2 is 2.00 bits per heavy atom. The number of nitrogens with one attached hydrogen (secondary N) is 1. The monoisotopic (exact) mass is 266 g/mol. The molecule has 0 aliphatic rings. The molecular weight excluding hydrogens is 244 g/mol. The van der Waals surface area contributed by atoms with Crippen LogP contribution < -0.4 is 10.1 Å². The number of phenolic OH excluding ortho intramolecular Hbond substituents is 1. The number of amides is 1. The van der Waals surface area contributed by atoms with Crippen molar-refractivity contribution in [3.05, 3.63) is 23.8 Å². The molecule has 0 saturated carbocycles. The molecule has 0 radical (unpaired) electrons. The topological polar surface area (TPSA) is 61.8 Å². The lowest BCUT2D eigenvalue weighted by Gasteiger charge is -2.23. The van der Waals surface area contributed by atoms with Gasteiger partial charge in [0.15, 0.2) is 0 Å². The minimum Gasteiger partial charge on any atom is -0.507 e. The highest BCUT2D eigenvalue weighted by atomic mass is 16.5. The van der Waals surface area contributed by atoms with Crippen molar-refractivity contribution in [2.75, 3.05) is 21.2 Å². The molecule has 106 valence electrons. The number of likely N-dealkylation sites (N-methyl/N-ethyl adjacent to an activating group) is 1. The molecule has 0 bridgehead atoms. The molecule has 1 amide bonds. The number of methoxy groups -OCH3 is 1. The summed E-state index contributed by atoms with van der Waals surface area (Å²) in [4.78, 5) is 13.3. The Hall–Kier alpha value is -1.75. The molecule has 5 nitrogen and oxygen atoms in total. The molecule has 0 aliphatic carbocycles. The lowest BCUT2D eigenvalue weighted by Crippen LogP contribution is -2.42. The second-order valence-corrected chi connectivity index (χ2v) is 4.77. The highest BCUT2D eigenvalue weighted by molar-refractivity contribution is 5.81. The zero-order valence-corrected chi connectivity index (χ0v) is 12.1. The second kappa shape index (κ2) is 6.43. The number of aromatic hydroxyl groups is 1. The molecule has 1 aromatic carbocycles. The zero-order valence-electron chi connectivity index (χ0n) is 12.1. The van der Waals surface area contributed by atoms with Crippen molar-refractivity contribution in [2.24, 2.45) is 0 Å².